The van der Waals surface area contributed by atoms with E-state index in [1.165, 1.54) is 0 Å². The van der Waals surface area contributed by atoms with Gasteiger partial charge in [-0.2, -0.15) is 0 Å². The van der Waals surface area contributed by atoms with Gasteiger partial charge in [0, 0.05) is 5.69 Å². The molecule has 7 heteroatoms. The van der Waals surface area contributed by atoms with Crippen LogP contribution < -0.4 is 20.1 Å². The van der Waals surface area contributed by atoms with Gasteiger partial charge >= 0.3 is 0 Å². The number of amides is 1. The van der Waals surface area contributed by atoms with Crippen molar-refractivity contribution >= 4 is 23.1 Å². The molecule has 1 heterocycles. The van der Waals surface area contributed by atoms with Crippen molar-refractivity contribution in [1.29, 1.82) is 0 Å². The van der Waals surface area contributed by atoms with Gasteiger partial charge in [0.25, 0.3) is 5.91 Å². The highest BCUT2D eigenvalue weighted by atomic mass is 16.5. The third kappa shape index (κ3) is 4.97. The SMILES string of the molecule is COc1ccccc1NC(=O)c1ccc(Nc2ccc(OC(C)C)cc2)nn1. The maximum absolute atomic E-state index is 12.4. The standard InChI is InChI=1S/C21H22N4O3/c1-14(2)28-16-10-8-15(9-11-16)22-20-13-12-18(24-25-20)21(26)23-17-6-4-5-7-19(17)27-3/h4-14H,1-3H3,(H,22,25)(H,23,26). The molecule has 1 amide bonds. The van der Waals surface area contributed by atoms with E-state index in [0.29, 0.717) is 17.3 Å². The Morgan fingerprint density at radius 2 is 1.71 bits per heavy atom. The number of ether oxygens (including phenoxy) is 2. The summed E-state index contributed by atoms with van der Waals surface area (Å²) in [4.78, 5) is 12.4. The normalized spacial score (nSPS) is 10.4. The van der Waals surface area contributed by atoms with Gasteiger partial charge in [-0.25, -0.2) is 0 Å². The van der Waals surface area contributed by atoms with Crippen LogP contribution in [0.3, 0.4) is 0 Å². The Balaban J connectivity index is 1.63. The van der Waals surface area contributed by atoms with Crippen LogP contribution in [0.5, 0.6) is 11.5 Å². The minimum atomic E-state index is -0.362. The van der Waals surface area contributed by atoms with E-state index in [1.807, 2.05) is 50.2 Å². The molecule has 0 aliphatic rings. The van der Waals surface area contributed by atoms with Gasteiger partial charge in [-0.1, -0.05) is 12.1 Å². The van der Waals surface area contributed by atoms with Gasteiger partial charge in [-0.05, 0) is 62.4 Å². The van der Waals surface area contributed by atoms with Crippen molar-refractivity contribution in [2.45, 2.75) is 20.0 Å². The molecule has 0 fully saturated rings. The second-order valence-electron chi connectivity index (χ2n) is 6.27. The molecule has 3 aromatic rings. The minimum absolute atomic E-state index is 0.124. The summed E-state index contributed by atoms with van der Waals surface area (Å²) in [5, 5.41) is 14.0. The lowest BCUT2D eigenvalue weighted by molar-refractivity contribution is 0.102. The van der Waals surface area contributed by atoms with E-state index in [4.69, 9.17) is 9.47 Å². The number of para-hydroxylation sites is 2. The van der Waals surface area contributed by atoms with Crippen molar-refractivity contribution in [2.24, 2.45) is 0 Å². The topological polar surface area (TPSA) is 85.4 Å². The molecule has 144 valence electrons. The van der Waals surface area contributed by atoms with Crippen LogP contribution in [-0.2, 0) is 0 Å². The Morgan fingerprint density at radius 1 is 0.964 bits per heavy atom. The highest BCUT2D eigenvalue weighted by molar-refractivity contribution is 6.03. The molecular weight excluding hydrogens is 356 g/mol. The summed E-state index contributed by atoms with van der Waals surface area (Å²) < 4.78 is 10.8. The summed E-state index contributed by atoms with van der Waals surface area (Å²) in [5.41, 5.74) is 1.62. The number of nitrogens with zero attached hydrogens (tertiary/aromatic N) is 2. The van der Waals surface area contributed by atoms with Gasteiger partial charge in [-0.15, -0.1) is 10.2 Å². The number of nitrogens with one attached hydrogen (secondary N) is 2. The van der Waals surface area contributed by atoms with Gasteiger partial charge in [0.15, 0.2) is 11.5 Å². The first-order valence-electron chi connectivity index (χ1n) is 8.87. The van der Waals surface area contributed by atoms with E-state index in [1.54, 1.807) is 31.4 Å². The second kappa shape index (κ2) is 8.85. The number of rotatable bonds is 7. The van der Waals surface area contributed by atoms with Crippen LogP contribution in [0.2, 0.25) is 0 Å². The molecule has 0 saturated carbocycles. The maximum atomic E-state index is 12.4. The molecule has 0 aliphatic heterocycles. The number of carbonyl (C=O) groups excluding carboxylic acids is 1. The molecule has 0 atom stereocenters. The molecule has 2 N–H and O–H groups in total. The molecule has 1 aromatic heterocycles. The first kappa shape index (κ1) is 19.2. The minimum Gasteiger partial charge on any atom is -0.495 e. The molecule has 0 aliphatic carbocycles. The Bertz CT molecular complexity index is 925. The average Bonchev–Trinajstić information content (AvgIpc) is 2.70. The van der Waals surface area contributed by atoms with Gasteiger partial charge in [0.1, 0.15) is 11.5 Å². The van der Waals surface area contributed by atoms with Crippen molar-refractivity contribution in [3.63, 3.8) is 0 Å². The monoisotopic (exact) mass is 378 g/mol. The predicted molar refractivity (Wildman–Crippen MR) is 108 cm³/mol. The number of hydrogen-bond donors (Lipinski definition) is 2. The molecule has 2 aromatic carbocycles. The summed E-state index contributed by atoms with van der Waals surface area (Å²) in [5.74, 6) is 1.55. The lowest BCUT2D eigenvalue weighted by Gasteiger charge is -2.11. The third-order valence-electron chi connectivity index (χ3n) is 3.75. The number of carbonyl (C=O) groups is 1. The van der Waals surface area contributed by atoms with Crippen LogP contribution in [0, 0.1) is 0 Å². The molecule has 0 saturated heterocycles. The smallest absolute Gasteiger partial charge is 0.276 e. The van der Waals surface area contributed by atoms with E-state index < -0.39 is 0 Å². The lowest BCUT2D eigenvalue weighted by Crippen LogP contribution is -2.15. The summed E-state index contributed by atoms with van der Waals surface area (Å²) in [7, 11) is 1.55. The Kier molecular flexibility index (Phi) is 6.06. The van der Waals surface area contributed by atoms with Crippen molar-refractivity contribution in [3.05, 3.63) is 66.4 Å². The molecule has 0 radical (unpaired) electrons. The van der Waals surface area contributed by atoms with Crippen LogP contribution >= 0.6 is 0 Å². The van der Waals surface area contributed by atoms with Crippen LogP contribution in [-0.4, -0.2) is 29.3 Å². The van der Waals surface area contributed by atoms with Gasteiger partial charge in [0.05, 0.1) is 18.9 Å². The molecule has 3 rings (SSSR count). The molecule has 28 heavy (non-hydrogen) atoms. The molecule has 7 nitrogen and oxygen atoms in total. The van der Waals surface area contributed by atoms with Crippen molar-refractivity contribution < 1.29 is 14.3 Å². The Hall–Kier alpha value is -3.61. The zero-order valence-electron chi connectivity index (χ0n) is 16.0. The molecule has 0 spiro atoms. The molecule has 0 bridgehead atoms. The number of benzene rings is 2. The van der Waals surface area contributed by atoms with E-state index in [-0.39, 0.29) is 17.7 Å². The highest BCUT2D eigenvalue weighted by Gasteiger charge is 2.11. The first-order chi connectivity index (χ1) is 13.5. The van der Waals surface area contributed by atoms with Gasteiger partial charge in [-0.3, -0.25) is 4.79 Å². The second-order valence-corrected chi connectivity index (χ2v) is 6.27. The quantitative estimate of drug-likeness (QED) is 0.639. The zero-order valence-corrected chi connectivity index (χ0v) is 16.0. The zero-order chi connectivity index (χ0) is 19.9. The number of hydrogen-bond acceptors (Lipinski definition) is 6. The fraction of sp³-hybridized carbons (Fsp3) is 0.190. The van der Waals surface area contributed by atoms with E-state index in [2.05, 4.69) is 20.8 Å². The maximum Gasteiger partial charge on any atom is 0.276 e. The van der Waals surface area contributed by atoms with E-state index in [0.717, 1.165) is 11.4 Å². The summed E-state index contributed by atoms with van der Waals surface area (Å²) in [6.45, 7) is 3.96. The van der Waals surface area contributed by atoms with Crippen molar-refractivity contribution in [3.8, 4) is 11.5 Å². The fourth-order valence-electron chi connectivity index (χ4n) is 2.49. The molecule has 0 unspecified atom stereocenters. The average molecular weight is 378 g/mol. The van der Waals surface area contributed by atoms with Gasteiger partial charge < -0.3 is 20.1 Å². The highest BCUT2D eigenvalue weighted by Crippen LogP contribution is 2.24. The van der Waals surface area contributed by atoms with Crippen molar-refractivity contribution in [2.75, 3.05) is 17.7 Å². The van der Waals surface area contributed by atoms with Crippen LogP contribution in [0.1, 0.15) is 24.3 Å². The van der Waals surface area contributed by atoms with Crippen LogP contribution in [0.25, 0.3) is 0 Å². The summed E-state index contributed by atoms with van der Waals surface area (Å²) >= 11 is 0. The number of anilines is 3. The van der Waals surface area contributed by atoms with Crippen LogP contribution in [0.4, 0.5) is 17.2 Å². The number of methoxy groups -OCH3 is 1. The van der Waals surface area contributed by atoms with Gasteiger partial charge in [0.2, 0.25) is 0 Å². The Morgan fingerprint density at radius 3 is 2.36 bits per heavy atom. The predicted octanol–water partition coefficient (Wildman–Crippen LogP) is 4.27. The molecular formula is C21H22N4O3. The van der Waals surface area contributed by atoms with E-state index in [9.17, 15) is 4.79 Å². The Labute approximate surface area is 163 Å². The van der Waals surface area contributed by atoms with Crippen molar-refractivity contribution in [1.82, 2.24) is 10.2 Å². The summed E-state index contributed by atoms with van der Waals surface area (Å²) in [6, 6.07) is 18.0. The fourth-order valence-corrected chi connectivity index (χ4v) is 2.49. The lowest BCUT2D eigenvalue weighted by atomic mass is 10.2. The third-order valence-corrected chi connectivity index (χ3v) is 3.75. The first-order valence-corrected chi connectivity index (χ1v) is 8.87. The number of aromatic nitrogens is 2. The largest absolute Gasteiger partial charge is 0.495 e. The van der Waals surface area contributed by atoms with Crippen LogP contribution in [0.15, 0.2) is 60.7 Å². The summed E-state index contributed by atoms with van der Waals surface area (Å²) in [6.07, 6.45) is 0.124. The van der Waals surface area contributed by atoms with E-state index >= 15 is 0 Å².